The first-order valence-corrected chi connectivity index (χ1v) is 6.81. The van der Waals surface area contributed by atoms with E-state index in [0.29, 0.717) is 18.2 Å². The van der Waals surface area contributed by atoms with Gasteiger partial charge in [-0.1, -0.05) is 18.2 Å². The predicted molar refractivity (Wildman–Crippen MR) is 72.7 cm³/mol. The fourth-order valence-corrected chi connectivity index (χ4v) is 3.15. The second-order valence-corrected chi connectivity index (χ2v) is 5.55. The molecule has 1 fully saturated rings. The maximum absolute atomic E-state index is 12.4. The number of hydrogen-bond donors (Lipinski definition) is 0. The Morgan fingerprint density at radius 3 is 2.94 bits per heavy atom. The summed E-state index contributed by atoms with van der Waals surface area (Å²) in [6.07, 6.45) is 2.88. The summed E-state index contributed by atoms with van der Waals surface area (Å²) in [7, 11) is 2.13. The Hall–Kier alpha value is -1.35. The van der Waals surface area contributed by atoms with E-state index in [0.717, 1.165) is 38.2 Å². The van der Waals surface area contributed by atoms with Gasteiger partial charge in [-0.2, -0.15) is 0 Å². The smallest absolute Gasteiger partial charge is 0.227 e. The number of fused-ring (bicyclic) bond motifs is 1. The molecular formula is C15H20N2O. The van der Waals surface area contributed by atoms with Crippen LogP contribution in [0.15, 0.2) is 24.3 Å². The maximum Gasteiger partial charge on any atom is 0.227 e. The van der Waals surface area contributed by atoms with Crippen molar-refractivity contribution in [3.05, 3.63) is 29.8 Å². The largest absolute Gasteiger partial charge is 0.312 e. The topological polar surface area (TPSA) is 23.6 Å². The molecule has 96 valence electrons. The fourth-order valence-electron chi connectivity index (χ4n) is 3.15. The Balaban J connectivity index is 1.67. The molecule has 0 aliphatic carbocycles. The van der Waals surface area contributed by atoms with Gasteiger partial charge >= 0.3 is 0 Å². The first-order valence-electron chi connectivity index (χ1n) is 6.81. The van der Waals surface area contributed by atoms with E-state index in [1.54, 1.807) is 0 Å². The molecule has 3 heteroatoms. The first-order chi connectivity index (χ1) is 8.74. The monoisotopic (exact) mass is 244 g/mol. The molecule has 2 aliphatic heterocycles. The number of likely N-dealkylation sites (tertiary alicyclic amines) is 1. The van der Waals surface area contributed by atoms with Crippen LogP contribution in [0.1, 0.15) is 18.4 Å². The zero-order valence-electron chi connectivity index (χ0n) is 10.9. The average Bonchev–Trinajstić information content (AvgIpc) is 2.95. The van der Waals surface area contributed by atoms with Crippen molar-refractivity contribution in [3.8, 4) is 0 Å². The fraction of sp³-hybridized carbons (Fsp3) is 0.533. The molecule has 1 aromatic carbocycles. The van der Waals surface area contributed by atoms with Crippen molar-refractivity contribution in [1.29, 1.82) is 0 Å². The van der Waals surface area contributed by atoms with Gasteiger partial charge in [0.1, 0.15) is 0 Å². The highest BCUT2D eigenvalue weighted by Gasteiger charge is 2.28. The van der Waals surface area contributed by atoms with E-state index in [2.05, 4.69) is 30.1 Å². The number of anilines is 1. The SMILES string of the molecule is CN1CCC(CC(=O)N2CCc3ccccc32)C1. The highest BCUT2D eigenvalue weighted by atomic mass is 16.2. The van der Waals surface area contributed by atoms with Crippen LogP contribution >= 0.6 is 0 Å². The van der Waals surface area contributed by atoms with Crippen molar-refractivity contribution < 1.29 is 4.79 Å². The second-order valence-electron chi connectivity index (χ2n) is 5.55. The minimum atomic E-state index is 0.306. The van der Waals surface area contributed by atoms with E-state index in [4.69, 9.17) is 0 Å². The zero-order valence-corrected chi connectivity index (χ0v) is 10.9. The minimum absolute atomic E-state index is 0.306. The molecule has 3 rings (SSSR count). The summed E-state index contributed by atoms with van der Waals surface area (Å²) in [6, 6.07) is 8.28. The maximum atomic E-state index is 12.4. The van der Waals surface area contributed by atoms with Gasteiger partial charge in [0.25, 0.3) is 0 Å². The van der Waals surface area contributed by atoms with Gasteiger partial charge < -0.3 is 9.80 Å². The number of para-hydroxylation sites is 1. The van der Waals surface area contributed by atoms with Crippen LogP contribution in [0.4, 0.5) is 5.69 Å². The lowest BCUT2D eigenvalue weighted by Gasteiger charge is -2.19. The van der Waals surface area contributed by atoms with E-state index >= 15 is 0 Å². The molecule has 1 saturated heterocycles. The Morgan fingerprint density at radius 2 is 2.17 bits per heavy atom. The van der Waals surface area contributed by atoms with Crippen molar-refractivity contribution in [2.75, 3.05) is 31.6 Å². The van der Waals surface area contributed by atoms with Crippen molar-refractivity contribution in [3.63, 3.8) is 0 Å². The van der Waals surface area contributed by atoms with Crippen LogP contribution in [0.3, 0.4) is 0 Å². The molecule has 1 aromatic rings. The highest BCUT2D eigenvalue weighted by Crippen LogP contribution is 2.29. The van der Waals surface area contributed by atoms with Crippen molar-refractivity contribution in [1.82, 2.24) is 4.90 Å². The normalized spacial score (nSPS) is 23.4. The molecule has 0 spiro atoms. The number of hydrogen-bond acceptors (Lipinski definition) is 2. The molecule has 2 heterocycles. The lowest BCUT2D eigenvalue weighted by Crippen LogP contribution is -2.31. The van der Waals surface area contributed by atoms with Gasteiger partial charge in [-0.3, -0.25) is 4.79 Å². The van der Waals surface area contributed by atoms with E-state index in [1.165, 1.54) is 5.56 Å². The molecule has 1 amide bonds. The zero-order chi connectivity index (χ0) is 12.5. The van der Waals surface area contributed by atoms with E-state index in [1.807, 2.05) is 11.0 Å². The standard InChI is InChI=1S/C15H20N2O/c1-16-8-6-12(11-16)10-15(18)17-9-7-13-4-2-3-5-14(13)17/h2-5,12H,6-11H2,1H3. The summed E-state index contributed by atoms with van der Waals surface area (Å²) >= 11 is 0. The third kappa shape index (κ3) is 2.15. The lowest BCUT2D eigenvalue weighted by molar-refractivity contribution is -0.119. The van der Waals surface area contributed by atoms with Crippen LogP contribution in [0, 0.1) is 5.92 Å². The molecule has 3 nitrogen and oxygen atoms in total. The Labute approximate surface area is 108 Å². The number of rotatable bonds is 2. The van der Waals surface area contributed by atoms with Gasteiger partial charge in [0.05, 0.1) is 0 Å². The summed E-state index contributed by atoms with van der Waals surface area (Å²) in [6.45, 7) is 3.07. The highest BCUT2D eigenvalue weighted by molar-refractivity contribution is 5.95. The summed E-state index contributed by atoms with van der Waals surface area (Å²) in [5, 5.41) is 0. The van der Waals surface area contributed by atoms with Gasteiger partial charge in [-0.25, -0.2) is 0 Å². The quantitative estimate of drug-likeness (QED) is 0.793. The van der Waals surface area contributed by atoms with Gasteiger partial charge in [-0.05, 0) is 44.0 Å². The summed E-state index contributed by atoms with van der Waals surface area (Å²) < 4.78 is 0. The second kappa shape index (κ2) is 4.73. The Kier molecular flexibility index (Phi) is 3.08. The molecule has 18 heavy (non-hydrogen) atoms. The molecule has 0 N–H and O–H groups in total. The van der Waals surface area contributed by atoms with Crippen LogP contribution in [-0.4, -0.2) is 37.5 Å². The first kappa shape index (κ1) is 11.7. The molecule has 2 aliphatic rings. The van der Waals surface area contributed by atoms with Crippen molar-refractivity contribution in [2.45, 2.75) is 19.3 Å². The van der Waals surface area contributed by atoms with Crippen LogP contribution in [-0.2, 0) is 11.2 Å². The van der Waals surface area contributed by atoms with Crippen LogP contribution in [0.25, 0.3) is 0 Å². The molecule has 0 bridgehead atoms. The van der Waals surface area contributed by atoms with Gasteiger partial charge in [-0.15, -0.1) is 0 Å². The predicted octanol–water partition coefficient (Wildman–Crippen LogP) is 1.92. The Bertz CT molecular complexity index is 458. The van der Waals surface area contributed by atoms with Gasteiger partial charge in [0.15, 0.2) is 0 Å². The number of carbonyl (C=O) groups excluding carboxylic acids is 1. The molecule has 1 unspecified atom stereocenters. The summed E-state index contributed by atoms with van der Waals surface area (Å²) in [5.74, 6) is 0.857. The molecule has 0 aromatic heterocycles. The van der Waals surface area contributed by atoms with E-state index in [9.17, 15) is 4.79 Å². The van der Waals surface area contributed by atoms with Gasteiger partial charge in [0, 0.05) is 25.2 Å². The summed E-state index contributed by atoms with van der Waals surface area (Å²) in [5.41, 5.74) is 2.45. The van der Waals surface area contributed by atoms with E-state index < -0.39 is 0 Å². The van der Waals surface area contributed by atoms with Gasteiger partial charge in [0.2, 0.25) is 5.91 Å². The van der Waals surface area contributed by atoms with Crippen LogP contribution < -0.4 is 4.90 Å². The number of carbonyl (C=O) groups is 1. The third-order valence-corrected chi connectivity index (χ3v) is 4.14. The lowest BCUT2D eigenvalue weighted by atomic mass is 10.0. The van der Waals surface area contributed by atoms with Crippen molar-refractivity contribution >= 4 is 11.6 Å². The van der Waals surface area contributed by atoms with Crippen LogP contribution in [0.5, 0.6) is 0 Å². The number of benzene rings is 1. The average molecular weight is 244 g/mol. The summed E-state index contributed by atoms with van der Waals surface area (Å²) in [4.78, 5) is 16.7. The molecule has 1 atom stereocenters. The molecular weight excluding hydrogens is 224 g/mol. The molecule has 0 saturated carbocycles. The van der Waals surface area contributed by atoms with Crippen molar-refractivity contribution in [2.24, 2.45) is 5.92 Å². The van der Waals surface area contributed by atoms with E-state index in [-0.39, 0.29) is 0 Å². The number of amides is 1. The minimum Gasteiger partial charge on any atom is -0.312 e. The molecule has 0 radical (unpaired) electrons. The third-order valence-electron chi connectivity index (χ3n) is 4.14. The van der Waals surface area contributed by atoms with Crippen LogP contribution in [0.2, 0.25) is 0 Å². The number of nitrogens with zero attached hydrogens (tertiary/aromatic N) is 2. The Morgan fingerprint density at radius 1 is 1.33 bits per heavy atom.